The largest absolute Gasteiger partial charge is 0.311 e. The van der Waals surface area contributed by atoms with E-state index in [0.717, 1.165) is 43.6 Å². The number of rotatable bonds is 5. The Morgan fingerprint density at radius 1 is 1.40 bits per heavy atom. The number of nitrogens with zero attached hydrogens (tertiary/aromatic N) is 3. The lowest BCUT2D eigenvalue weighted by Crippen LogP contribution is -2.44. The van der Waals surface area contributed by atoms with Crippen LogP contribution in [-0.4, -0.2) is 60.5 Å². The molecule has 6 heteroatoms. The molecule has 1 fully saturated rings. The van der Waals surface area contributed by atoms with E-state index in [1.165, 1.54) is 0 Å². The SMILES string of the molecule is CN1CCN(CCCC(=O)Nc2cc(Br)ccn2)CC1. The Hall–Kier alpha value is -0.980. The van der Waals surface area contributed by atoms with Crippen molar-refractivity contribution in [3.63, 3.8) is 0 Å². The molecule has 1 aromatic heterocycles. The average molecular weight is 341 g/mol. The molecule has 1 aromatic rings. The van der Waals surface area contributed by atoms with Gasteiger partial charge in [-0.15, -0.1) is 0 Å². The van der Waals surface area contributed by atoms with E-state index in [1.54, 1.807) is 12.3 Å². The van der Waals surface area contributed by atoms with Crippen LogP contribution in [0.1, 0.15) is 12.8 Å². The van der Waals surface area contributed by atoms with Crippen molar-refractivity contribution >= 4 is 27.7 Å². The maximum Gasteiger partial charge on any atom is 0.225 e. The second-order valence-corrected chi connectivity index (χ2v) is 6.07. The van der Waals surface area contributed by atoms with Gasteiger partial charge in [-0.3, -0.25) is 4.79 Å². The highest BCUT2D eigenvalue weighted by Gasteiger charge is 2.13. The Morgan fingerprint density at radius 3 is 2.85 bits per heavy atom. The average Bonchev–Trinajstić information content (AvgIpc) is 2.41. The van der Waals surface area contributed by atoms with E-state index in [9.17, 15) is 4.79 Å². The number of halogens is 1. The molecule has 0 radical (unpaired) electrons. The Balaban J connectivity index is 1.65. The normalized spacial score (nSPS) is 17.1. The van der Waals surface area contributed by atoms with E-state index in [4.69, 9.17) is 0 Å². The molecular formula is C14H21BrN4O. The smallest absolute Gasteiger partial charge is 0.225 e. The zero-order valence-corrected chi connectivity index (χ0v) is 13.4. The molecule has 0 saturated carbocycles. The number of hydrogen-bond donors (Lipinski definition) is 1. The molecule has 0 bridgehead atoms. The van der Waals surface area contributed by atoms with Crippen molar-refractivity contribution in [2.45, 2.75) is 12.8 Å². The number of carbonyl (C=O) groups is 1. The number of likely N-dealkylation sites (N-methyl/N-ethyl adjacent to an activating group) is 1. The molecule has 110 valence electrons. The van der Waals surface area contributed by atoms with Gasteiger partial charge in [0.05, 0.1) is 0 Å². The summed E-state index contributed by atoms with van der Waals surface area (Å²) in [5.74, 6) is 0.633. The van der Waals surface area contributed by atoms with E-state index in [-0.39, 0.29) is 5.91 Å². The van der Waals surface area contributed by atoms with Crippen molar-refractivity contribution in [3.05, 3.63) is 22.8 Å². The predicted octanol–water partition coefficient (Wildman–Crippen LogP) is 1.81. The van der Waals surface area contributed by atoms with Gasteiger partial charge in [-0.2, -0.15) is 0 Å². The van der Waals surface area contributed by atoms with Crippen molar-refractivity contribution in [1.29, 1.82) is 0 Å². The summed E-state index contributed by atoms with van der Waals surface area (Å²) in [6.07, 6.45) is 3.11. The molecule has 1 N–H and O–H groups in total. The first kappa shape index (κ1) is 15.4. The van der Waals surface area contributed by atoms with Crippen LogP contribution in [-0.2, 0) is 4.79 Å². The summed E-state index contributed by atoms with van der Waals surface area (Å²) >= 11 is 3.36. The second-order valence-electron chi connectivity index (χ2n) is 5.16. The van der Waals surface area contributed by atoms with Crippen LogP contribution in [0.5, 0.6) is 0 Å². The molecule has 1 amide bonds. The molecular weight excluding hydrogens is 320 g/mol. The fourth-order valence-electron chi connectivity index (χ4n) is 2.21. The summed E-state index contributed by atoms with van der Waals surface area (Å²) in [6.45, 7) is 5.44. The lowest BCUT2D eigenvalue weighted by atomic mass is 10.2. The molecule has 2 rings (SSSR count). The Morgan fingerprint density at radius 2 is 2.15 bits per heavy atom. The van der Waals surface area contributed by atoms with Crippen molar-refractivity contribution < 1.29 is 4.79 Å². The van der Waals surface area contributed by atoms with Gasteiger partial charge in [-0.1, -0.05) is 15.9 Å². The summed E-state index contributed by atoms with van der Waals surface area (Å²) < 4.78 is 0.917. The minimum Gasteiger partial charge on any atom is -0.311 e. The van der Waals surface area contributed by atoms with Crippen molar-refractivity contribution in [2.24, 2.45) is 0 Å². The van der Waals surface area contributed by atoms with Crippen LogP contribution in [0.3, 0.4) is 0 Å². The third kappa shape index (κ3) is 5.19. The van der Waals surface area contributed by atoms with Gasteiger partial charge in [0.1, 0.15) is 5.82 Å². The van der Waals surface area contributed by atoms with Crippen LogP contribution in [0.2, 0.25) is 0 Å². The summed E-state index contributed by atoms with van der Waals surface area (Å²) in [7, 11) is 2.15. The lowest BCUT2D eigenvalue weighted by Gasteiger charge is -2.32. The number of piperazine rings is 1. The zero-order chi connectivity index (χ0) is 14.4. The van der Waals surface area contributed by atoms with E-state index in [1.807, 2.05) is 6.07 Å². The number of carbonyl (C=O) groups excluding carboxylic acids is 1. The Bertz CT molecular complexity index is 447. The van der Waals surface area contributed by atoms with Crippen molar-refractivity contribution in [1.82, 2.24) is 14.8 Å². The molecule has 0 spiro atoms. The van der Waals surface area contributed by atoms with Gasteiger partial charge in [0, 0.05) is 43.3 Å². The van der Waals surface area contributed by atoms with Gasteiger partial charge in [0.25, 0.3) is 0 Å². The second kappa shape index (κ2) is 7.71. The maximum absolute atomic E-state index is 11.8. The standard InChI is InChI=1S/C14H21BrN4O/c1-18-7-9-19(10-8-18)6-2-3-14(20)17-13-11-12(15)4-5-16-13/h4-5,11H,2-3,6-10H2,1H3,(H,16,17,20). The summed E-state index contributed by atoms with van der Waals surface area (Å²) in [6, 6.07) is 3.64. The molecule has 0 aromatic carbocycles. The molecule has 0 aliphatic carbocycles. The predicted molar refractivity (Wildman–Crippen MR) is 83.7 cm³/mol. The van der Waals surface area contributed by atoms with Gasteiger partial charge in [0.15, 0.2) is 0 Å². The molecule has 2 heterocycles. The lowest BCUT2D eigenvalue weighted by molar-refractivity contribution is -0.116. The molecule has 1 aliphatic rings. The van der Waals surface area contributed by atoms with Crippen LogP contribution >= 0.6 is 15.9 Å². The van der Waals surface area contributed by atoms with Gasteiger partial charge in [-0.05, 0) is 32.1 Å². The van der Waals surface area contributed by atoms with Crippen molar-refractivity contribution in [3.8, 4) is 0 Å². The van der Waals surface area contributed by atoms with Crippen LogP contribution < -0.4 is 5.32 Å². The topological polar surface area (TPSA) is 48.5 Å². The van der Waals surface area contributed by atoms with Gasteiger partial charge < -0.3 is 15.1 Å². The molecule has 1 saturated heterocycles. The molecule has 0 unspecified atom stereocenters. The monoisotopic (exact) mass is 340 g/mol. The number of anilines is 1. The third-order valence-corrected chi connectivity index (χ3v) is 3.96. The summed E-state index contributed by atoms with van der Waals surface area (Å²) in [4.78, 5) is 20.7. The maximum atomic E-state index is 11.8. The third-order valence-electron chi connectivity index (χ3n) is 3.46. The molecule has 5 nitrogen and oxygen atoms in total. The highest BCUT2D eigenvalue weighted by Crippen LogP contribution is 2.13. The highest BCUT2D eigenvalue weighted by atomic mass is 79.9. The molecule has 0 atom stereocenters. The van der Waals surface area contributed by atoms with Crippen LogP contribution in [0.15, 0.2) is 22.8 Å². The minimum atomic E-state index is 0.0322. The quantitative estimate of drug-likeness (QED) is 0.888. The summed E-state index contributed by atoms with van der Waals surface area (Å²) in [5, 5.41) is 2.82. The fraction of sp³-hybridized carbons (Fsp3) is 0.571. The van der Waals surface area contributed by atoms with Gasteiger partial charge >= 0.3 is 0 Å². The number of amides is 1. The van der Waals surface area contributed by atoms with Gasteiger partial charge in [-0.25, -0.2) is 4.98 Å². The minimum absolute atomic E-state index is 0.0322. The Kier molecular flexibility index (Phi) is 5.94. The number of aromatic nitrogens is 1. The molecule has 20 heavy (non-hydrogen) atoms. The highest BCUT2D eigenvalue weighted by molar-refractivity contribution is 9.10. The fourth-order valence-corrected chi connectivity index (χ4v) is 2.55. The number of nitrogens with one attached hydrogen (secondary N) is 1. The van der Waals surface area contributed by atoms with E-state index < -0.39 is 0 Å². The first-order valence-corrected chi connectivity index (χ1v) is 7.75. The number of pyridine rings is 1. The van der Waals surface area contributed by atoms with Crippen LogP contribution in [0.25, 0.3) is 0 Å². The first-order chi connectivity index (χ1) is 9.63. The zero-order valence-electron chi connectivity index (χ0n) is 11.8. The first-order valence-electron chi connectivity index (χ1n) is 6.96. The van der Waals surface area contributed by atoms with Crippen molar-refractivity contribution in [2.75, 3.05) is 45.1 Å². The molecule has 1 aliphatic heterocycles. The van der Waals surface area contributed by atoms with E-state index >= 15 is 0 Å². The van der Waals surface area contributed by atoms with E-state index in [2.05, 4.69) is 43.1 Å². The Labute approximate surface area is 128 Å². The van der Waals surface area contributed by atoms with Gasteiger partial charge in [0.2, 0.25) is 5.91 Å². The van der Waals surface area contributed by atoms with Crippen LogP contribution in [0.4, 0.5) is 5.82 Å². The van der Waals surface area contributed by atoms with E-state index in [0.29, 0.717) is 12.2 Å². The van der Waals surface area contributed by atoms with Crippen LogP contribution in [0, 0.1) is 0 Å². The number of hydrogen-bond acceptors (Lipinski definition) is 4. The summed E-state index contributed by atoms with van der Waals surface area (Å²) in [5.41, 5.74) is 0.